The van der Waals surface area contributed by atoms with Crippen LogP contribution in [-0.4, -0.2) is 35.8 Å². The van der Waals surface area contributed by atoms with Gasteiger partial charge < -0.3 is 10.2 Å². The summed E-state index contributed by atoms with van der Waals surface area (Å²) in [4.78, 5) is 28.5. The highest BCUT2D eigenvalue weighted by Gasteiger charge is 2.32. The Morgan fingerprint density at radius 1 is 0.966 bits per heavy atom. The quantitative estimate of drug-likeness (QED) is 0.733. The summed E-state index contributed by atoms with van der Waals surface area (Å²) in [7, 11) is 0. The van der Waals surface area contributed by atoms with Crippen LogP contribution in [0.4, 0.5) is 0 Å². The summed E-state index contributed by atoms with van der Waals surface area (Å²) in [5, 5.41) is 3.13. The summed E-state index contributed by atoms with van der Waals surface area (Å²) < 4.78 is 0. The van der Waals surface area contributed by atoms with Gasteiger partial charge in [-0.15, -0.1) is 0 Å². The van der Waals surface area contributed by atoms with Crippen molar-refractivity contribution in [1.29, 1.82) is 0 Å². The van der Waals surface area contributed by atoms with Gasteiger partial charge in [-0.25, -0.2) is 0 Å². The average Bonchev–Trinajstić information content (AvgIpc) is 3.29. The van der Waals surface area contributed by atoms with E-state index in [9.17, 15) is 9.59 Å². The SMILES string of the molecule is CCC(C)C(C(=O)NC(Cc1ccccc1)C(=O)N1CCCC1)c1ccccc1. The summed E-state index contributed by atoms with van der Waals surface area (Å²) in [6.45, 7) is 5.78. The third kappa shape index (κ3) is 5.47. The third-order valence-electron chi connectivity index (χ3n) is 5.97. The molecular formula is C25H32N2O2. The highest BCUT2D eigenvalue weighted by atomic mass is 16.2. The van der Waals surface area contributed by atoms with Gasteiger partial charge in [0.25, 0.3) is 0 Å². The second-order valence-electron chi connectivity index (χ2n) is 8.06. The maximum Gasteiger partial charge on any atom is 0.245 e. The number of rotatable bonds is 8. The van der Waals surface area contributed by atoms with Crippen molar-refractivity contribution in [2.45, 2.75) is 51.5 Å². The van der Waals surface area contributed by atoms with E-state index in [0.29, 0.717) is 6.42 Å². The summed E-state index contributed by atoms with van der Waals surface area (Å²) >= 11 is 0. The number of carbonyl (C=O) groups excluding carboxylic acids is 2. The lowest BCUT2D eigenvalue weighted by atomic mass is 9.84. The Balaban J connectivity index is 1.82. The summed E-state index contributed by atoms with van der Waals surface area (Å²) in [5.74, 6) is -0.0859. The number of carbonyl (C=O) groups is 2. The van der Waals surface area contributed by atoms with Crippen molar-refractivity contribution < 1.29 is 9.59 Å². The molecule has 3 rings (SSSR count). The highest BCUT2D eigenvalue weighted by Crippen LogP contribution is 2.27. The van der Waals surface area contributed by atoms with Crippen molar-refractivity contribution in [3.8, 4) is 0 Å². The van der Waals surface area contributed by atoms with Crippen LogP contribution in [0.25, 0.3) is 0 Å². The van der Waals surface area contributed by atoms with Crippen LogP contribution in [0.2, 0.25) is 0 Å². The first-order chi connectivity index (χ1) is 14.1. The Labute approximate surface area is 174 Å². The number of benzene rings is 2. The Kier molecular flexibility index (Phi) is 7.45. The number of amides is 2. The molecule has 2 aromatic rings. The fraction of sp³-hybridized carbons (Fsp3) is 0.440. The van der Waals surface area contributed by atoms with E-state index in [1.54, 1.807) is 0 Å². The first-order valence-electron chi connectivity index (χ1n) is 10.8. The number of hydrogen-bond donors (Lipinski definition) is 1. The van der Waals surface area contributed by atoms with Crippen molar-refractivity contribution in [3.05, 3.63) is 71.8 Å². The van der Waals surface area contributed by atoms with Crippen LogP contribution in [0.5, 0.6) is 0 Å². The van der Waals surface area contributed by atoms with Crippen LogP contribution in [0.15, 0.2) is 60.7 Å². The van der Waals surface area contributed by atoms with E-state index in [1.807, 2.05) is 65.6 Å². The van der Waals surface area contributed by atoms with Gasteiger partial charge in [0.2, 0.25) is 11.8 Å². The van der Waals surface area contributed by atoms with Gasteiger partial charge in [-0.1, -0.05) is 80.9 Å². The second kappa shape index (κ2) is 10.2. The van der Waals surface area contributed by atoms with Crippen molar-refractivity contribution >= 4 is 11.8 Å². The van der Waals surface area contributed by atoms with Gasteiger partial charge in [-0.2, -0.15) is 0 Å². The fourth-order valence-corrected chi connectivity index (χ4v) is 4.10. The first-order valence-corrected chi connectivity index (χ1v) is 10.8. The Morgan fingerprint density at radius 3 is 2.14 bits per heavy atom. The molecule has 0 bridgehead atoms. The molecule has 29 heavy (non-hydrogen) atoms. The Morgan fingerprint density at radius 2 is 1.55 bits per heavy atom. The average molecular weight is 393 g/mol. The van der Waals surface area contributed by atoms with Crippen molar-refractivity contribution in [1.82, 2.24) is 10.2 Å². The van der Waals surface area contributed by atoms with Gasteiger partial charge in [-0.05, 0) is 29.9 Å². The minimum Gasteiger partial charge on any atom is -0.343 e. The van der Waals surface area contributed by atoms with E-state index < -0.39 is 6.04 Å². The third-order valence-corrected chi connectivity index (χ3v) is 5.97. The van der Waals surface area contributed by atoms with Gasteiger partial charge in [0.1, 0.15) is 6.04 Å². The zero-order valence-corrected chi connectivity index (χ0v) is 17.5. The maximum atomic E-state index is 13.4. The molecular weight excluding hydrogens is 360 g/mol. The molecule has 0 aliphatic carbocycles. The van der Waals surface area contributed by atoms with Gasteiger partial charge in [0.05, 0.1) is 5.92 Å². The molecule has 0 aromatic heterocycles. The molecule has 1 aliphatic heterocycles. The molecule has 3 unspecified atom stereocenters. The molecule has 4 nitrogen and oxygen atoms in total. The van der Waals surface area contributed by atoms with E-state index in [1.165, 1.54) is 0 Å². The van der Waals surface area contributed by atoms with E-state index >= 15 is 0 Å². The Hall–Kier alpha value is -2.62. The lowest BCUT2D eigenvalue weighted by molar-refractivity contribution is -0.136. The fourth-order valence-electron chi connectivity index (χ4n) is 4.10. The van der Waals surface area contributed by atoms with E-state index in [4.69, 9.17) is 0 Å². The maximum absolute atomic E-state index is 13.4. The summed E-state index contributed by atoms with van der Waals surface area (Å²) in [5.41, 5.74) is 2.07. The zero-order chi connectivity index (χ0) is 20.6. The van der Waals surface area contributed by atoms with Gasteiger partial charge in [0, 0.05) is 19.5 Å². The summed E-state index contributed by atoms with van der Waals surface area (Å²) in [6, 6.07) is 19.3. The van der Waals surface area contributed by atoms with Crippen molar-refractivity contribution in [2.75, 3.05) is 13.1 Å². The molecule has 1 fully saturated rings. The highest BCUT2D eigenvalue weighted by molar-refractivity contribution is 5.91. The van der Waals surface area contributed by atoms with Crippen molar-refractivity contribution in [2.24, 2.45) is 5.92 Å². The number of nitrogens with one attached hydrogen (secondary N) is 1. The molecule has 1 N–H and O–H groups in total. The van der Waals surface area contributed by atoms with Gasteiger partial charge in [0.15, 0.2) is 0 Å². The minimum absolute atomic E-state index is 0.0377. The Bertz CT molecular complexity index is 785. The molecule has 3 atom stereocenters. The van der Waals surface area contributed by atoms with E-state index in [0.717, 1.165) is 43.5 Å². The molecule has 0 spiro atoms. The lowest BCUT2D eigenvalue weighted by Crippen LogP contribution is -2.50. The predicted octanol–water partition coefficient (Wildman–Crippen LogP) is 4.17. The van der Waals surface area contributed by atoms with Crippen molar-refractivity contribution in [3.63, 3.8) is 0 Å². The van der Waals surface area contributed by atoms with E-state index in [2.05, 4.69) is 19.2 Å². The second-order valence-corrected chi connectivity index (χ2v) is 8.06. The van der Waals surface area contributed by atoms with Gasteiger partial charge >= 0.3 is 0 Å². The molecule has 154 valence electrons. The largest absolute Gasteiger partial charge is 0.343 e. The number of hydrogen-bond acceptors (Lipinski definition) is 2. The van der Waals surface area contributed by atoms with E-state index in [-0.39, 0.29) is 23.7 Å². The van der Waals surface area contributed by atoms with Crippen LogP contribution in [-0.2, 0) is 16.0 Å². The van der Waals surface area contributed by atoms with Crippen LogP contribution in [0.1, 0.15) is 50.2 Å². The minimum atomic E-state index is -0.529. The molecule has 2 amide bonds. The zero-order valence-electron chi connectivity index (χ0n) is 17.5. The monoisotopic (exact) mass is 392 g/mol. The van der Waals surface area contributed by atoms with Crippen LogP contribution in [0.3, 0.4) is 0 Å². The van der Waals surface area contributed by atoms with Crippen LogP contribution < -0.4 is 5.32 Å². The standard InChI is InChI=1S/C25H32N2O2/c1-3-19(2)23(21-14-8-5-9-15-21)24(28)26-22(18-20-12-6-4-7-13-20)25(29)27-16-10-11-17-27/h4-9,12-15,19,22-23H,3,10-11,16-18H2,1-2H3,(H,26,28). The molecule has 2 aromatic carbocycles. The topological polar surface area (TPSA) is 49.4 Å². The molecule has 1 aliphatic rings. The number of likely N-dealkylation sites (tertiary alicyclic amines) is 1. The van der Waals surface area contributed by atoms with Gasteiger partial charge in [-0.3, -0.25) is 9.59 Å². The van der Waals surface area contributed by atoms with Crippen LogP contribution >= 0.6 is 0 Å². The molecule has 0 saturated carbocycles. The lowest BCUT2D eigenvalue weighted by Gasteiger charge is -2.28. The summed E-state index contributed by atoms with van der Waals surface area (Å²) in [6.07, 6.45) is 3.49. The molecule has 4 heteroatoms. The predicted molar refractivity (Wildman–Crippen MR) is 117 cm³/mol. The normalized spacial score (nSPS) is 16.8. The molecule has 1 saturated heterocycles. The smallest absolute Gasteiger partial charge is 0.245 e. The van der Waals surface area contributed by atoms with Crippen LogP contribution in [0, 0.1) is 5.92 Å². The first kappa shape index (κ1) is 21.1. The molecule has 1 heterocycles. The molecule has 0 radical (unpaired) electrons. The number of nitrogens with zero attached hydrogens (tertiary/aromatic N) is 1.